The average molecular weight is 391 g/mol. The van der Waals surface area contributed by atoms with Crippen molar-refractivity contribution in [3.8, 4) is 5.75 Å². The van der Waals surface area contributed by atoms with Gasteiger partial charge in [-0.3, -0.25) is 0 Å². The second-order valence-corrected chi connectivity index (χ2v) is 7.78. The van der Waals surface area contributed by atoms with Gasteiger partial charge in [-0.05, 0) is 50.3 Å². The summed E-state index contributed by atoms with van der Waals surface area (Å²) in [5.41, 5.74) is 6.66. The lowest BCUT2D eigenvalue weighted by atomic mass is 9.92. The van der Waals surface area contributed by atoms with Crippen LogP contribution in [0.5, 0.6) is 5.75 Å². The largest absolute Gasteiger partial charge is 0.485 e. The molecule has 4 rings (SSSR count). The first-order chi connectivity index (χ1) is 13.5. The molecule has 0 radical (unpaired) electrons. The minimum absolute atomic E-state index is 0.00961. The second-order valence-electron chi connectivity index (χ2n) is 7.78. The van der Waals surface area contributed by atoms with E-state index >= 15 is 0 Å². The molecule has 3 N–H and O–H groups in total. The van der Waals surface area contributed by atoms with Crippen molar-refractivity contribution in [3.05, 3.63) is 59.2 Å². The zero-order valence-corrected chi connectivity index (χ0v) is 15.5. The normalized spacial score (nSPS) is 26.9. The monoisotopic (exact) mass is 391 g/mol. The fourth-order valence-corrected chi connectivity index (χ4v) is 4.00. The second kappa shape index (κ2) is 8.09. The molecule has 2 aliphatic rings. The average Bonchev–Trinajstić information content (AvgIpc) is 3.42. The van der Waals surface area contributed by atoms with Gasteiger partial charge in [0.15, 0.2) is 11.6 Å². The van der Waals surface area contributed by atoms with Crippen molar-refractivity contribution in [2.24, 2.45) is 5.73 Å². The molecule has 2 fully saturated rings. The quantitative estimate of drug-likeness (QED) is 0.736. The maximum atomic E-state index is 14.4. The summed E-state index contributed by atoms with van der Waals surface area (Å²) in [7, 11) is 0. The summed E-state index contributed by atoms with van der Waals surface area (Å²) >= 11 is 0. The number of ether oxygens (including phenoxy) is 1. The van der Waals surface area contributed by atoms with E-state index in [9.17, 15) is 13.2 Å². The molecular formula is C21H24F3N3O. The smallest absolute Gasteiger partial charge is 0.219 e. The van der Waals surface area contributed by atoms with E-state index in [4.69, 9.17) is 10.5 Å². The number of nitrogens with two attached hydrogens (primary N) is 1. The number of hydrogen-bond acceptors (Lipinski definition) is 4. The molecule has 7 heteroatoms. The first-order valence-electron chi connectivity index (χ1n) is 9.74. The summed E-state index contributed by atoms with van der Waals surface area (Å²) in [6.07, 6.45) is 6.16. The third-order valence-corrected chi connectivity index (χ3v) is 5.66. The molecule has 150 valence electrons. The molecule has 1 heterocycles. The van der Waals surface area contributed by atoms with Crippen LogP contribution in [0.25, 0.3) is 0 Å². The van der Waals surface area contributed by atoms with E-state index in [1.807, 2.05) is 0 Å². The number of rotatable bonds is 6. The Bertz CT molecular complexity index is 840. The van der Waals surface area contributed by atoms with E-state index in [2.05, 4.69) is 10.3 Å². The Kier molecular flexibility index (Phi) is 5.55. The lowest BCUT2D eigenvalue weighted by Crippen LogP contribution is -2.38. The number of hydrogen-bond donors (Lipinski definition) is 2. The van der Waals surface area contributed by atoms with Crippen molar-refractivity contribution in [2.45, 2.75) is 62.8 Å². The first-order valence-corrected chi connectivity index (χ1v) is 9.74. The molecule has 0 bridgehead atoms. The standard InChI is InChI=1S/C21H24F3N3O/c22-13-8-17(16-10-19(16)27-15-5-3-14(25)4-6-15)20(18(23)9-13)28-11-12-2-1-7-26-21(12)24/h1-2,7-9,14-16,19,27H,3-6,10-11,25H2/t14?,15?,16-,19+/m0/s1. The highest BCUT2D eigenvalue weighted by atomic mass is 19.1. The lowest BCUT2D eigenvalue weighted by molar-refractivity contribution is 0.278. The van der Waals surface area contributed by atoms with Gasteiger partial charge in [-0.1, -0.05) is 0 Å². The summed E-state index contributed by atoms with van der Waals surface area (Å²) < 4.78 is 47.6. The molecule has 1 aromatic heterocycles. The number of nitrogens with zero attached hydrogens (tertiary/aromatic N) is 1. The van der Waals surface area contributed by atoms with Crippen LogP contribution in [0.15, 0.2) is 30.5 Å². The molecule has 2 aromatic rings. The number of pyridine rings is 1. The highest BCUT2D eigenvalue weighted by molar-refractivity contribution is 5.42. The van der Waals surface area contributed by atoms with Crippen LogP contribution in [0.2, 0.25) is 0 Å². The van der Waals surface area contributed by atoms with E-state index in [-0.39, 0.29) is 35.9 Å². The summed E-state index contributed by atoms with van der Waals surface area (Å²) in [5.74, 6) is -2.09. The number of aromatic nitrogens is 1. The highest BCUT2D eigenvalue weighted by Gasteiger charge is 2.42. The van der Waals surface area contributed by atoms with Gasteiger partial charge < -0.3 is 15.8 Å². The van der Waals surface area contributed by atoms with Crippen LogP contribution in [0.3, 0.4) is 0 Å². The van der Waals surface area contributed by atoms with Crippen LogP contribution in [0, 0.1) is 17.6 Å². The number of nitrogens with one attached hydrogen (secondary N) is 1. The van der Waals surface area contributed by atoms with Crippen LogP contribution in [-0.4, -0.2) is 23.1 Å². The van der Waals surface area contributed by atoms with Gasteiger partial charge in [0.2, 0.25) is 5.95 Å². The maximum absolute atomic E-state index is 14.4. The van der Waals surface area contributed by atoms with E-state index in [0.29, 0.717) is 11.6 Å². The van der Waals surface area contributed by atoms with Gasteiger partial charge in [0.25, 0.3) is 0 Å². The van der Waals surface area contributed by atoms with Gasteiger partial charge in [0.05, 0.1) is 0 Å². The van der Waals surface area contributed by atoms with Gasteiger partial charge >= 0.3 is 0 Å². The summed E-state index contributed by atoms with van der Waals surface area (Å²) in [4.78, 5) is 3.56. The molecule has 28 heavy (non-hydrogen) atoms. The van der Waals surface area contributed by atoms with E-state index in [1.165, 1.54) is 18.3 Å². The molecule has 1 aromatic carbocycles. The van der Waals surface area contributed by atoms with Crippen molar-refractivity contribution in [1.29, 1.82) is 0 Å². The Morgan fingerprint density at radius 1 is 1.14 bits per heavy atom. The van der Waals surface area contributed by atoms with Crippen molar-refractivity contribution in [3.63, 3.8) is 0 Å². The van der Waals surface area contributed by atoms with E-state index in [1.54, 1.807) is 6.07 Å². The van der Waals surface area contributed by atoms with Gasteiger partial charge in [0, 0.05) is 47.4 Å². The Morgan fingerprint density at radius 3 is 2.68 bits per heavy atom. The molecule has 2 aliphatic carbocycles. The SMILES string of the molecule is NC1CCC(N[C@@H]2C[C@H]2c2cc(F)cc(F)c2OCc2cccnc2F)CC1. The fourth-order valence-electron chi connectivity index (χ4n) is 4.00. The van der Waals surface area contributed by atoms with Crippen molar-refractivity contribution in [2.75, 3.05) is 0 Å². The fraction of sp³-hybridized carbons (Fsp3) is 0.476. The molecule has 2 atom stereocenters. The molecule has 0 aliphatic heterocycles. The number of benzene rings is 1. The molecule has 0 unspecified atom stereocenters. The van der Waals surface area contributed by atoms with Crippen molar-refractivity contribution in [1.82, 2.24) is 10.3 Å². The summed E-state index contributed by atoms with van der Waals surface area (Å²) in [6.45, 7) is -0.166. The summed E-state index contributed by atoms with van der Waals surface area (Å²) in [6, 6.07) is 6.06. The Labute approximate surface area is 162 Å². The zero-order chi connectivity index (χ0) is 19.7. The van der Waals surface area contributed by atoms with Gasteiger partial charge in [-0.15, -0.1) is 0 Å². The third-order valence-electron chi connectivity index (χ3n) is 5.66. The molecule has 0 spiro atoms. The summed E-state index contributed by atoms with van der Waals surface area (Å²) in [5, 5.41) is 3.58. The lowest BCUT2D eigenvalue weighted by Gasteiger charge is -2.27. The molecular weight excluding hydrogens is 367 g/mol. The molecule has 2 saturated carbocycles. The Morgan fingerprint density at radius 2 is 1.93 bits per heavy atom. The minimum Gasteiger partial charge on any atom is -0.485 e. The van der Waals surface area contributed by atoms with Gasteiger partial charge in [-0.2, -0.15) is 4.39 Å². The highest BCUT2D eigenvalue weighted by Crippen LogP contribution is 2.46. The van der Waals surface area contributed by atoms with Crippen LogP contribution in [0.1, 0.15) is 49.1 Å². The van der Waals surface area contributed by atoms with Crippen molar-refractivity contribution < 1.29 is 17.9 Å². The minimum atomic E-state index is -0.770. The zero-order valence-electron chi connectivity index (χ0n) is 15.5. The predicted octanol–water partition coefficient (Wildman–Crippen LogP) is 3.79. The van der Waals surface area contributed by atoms with Crippen LogP contribution >= 0.6 is 0 Å². The van der Waals surface area contributed by atoms with E-state index < -0.39 is 17.6 Å². The Hall–Kier alpha value is -2.12. The van der Waals surface area contributed by atoms with Gasteiger partial charge in [-0.25, -0.2) is 13.8 Å². The van der Waals surface area contributed by atoms with Crippen molar-refractivity contribution >= 4 is 0 Å². The van der Waals surface area contributed by atoms with E-state index in [0.717, 1.165) is 38.2 Å². The maximum Gasteiger partial charge on any atom is 0.219 e. The van der Waals surface area contributed by atoms with Crippen LogP contribution in [0.4, 0.5) is 13.2 Å². The topological polar surface area (TPSA) is 60.2 Å². The third kappa shape index (κ3) is 4.31. The predicted molar refractivity (Wildman–Crippen MR) is 99.4 cm³/mol. The first kappa shape index (κ1) is 19.2. The van der Waals surface area contributed by atoms with Crippen LogP contribution in [-0.2, 0) is 6.61 Å². The number of halogens is 3. The van der Waals surface area contributed by atoms with Gasteiger partial charge in [0.1, 0.15) is 12.4 Å². The molecule has 0 amide bonds. The van der Waals surface area contributed by atoms with Crippen LogP contribution < -0.4 is 15.8 Å². The Balaban J connectivity index is 1.46. The molecule has 0 saturated heterocycles. The molecule has 4 nitrogen and oxygen atoms in total.